The Kier molecular flexibility index (Phi) is 28.5. The van der Waals surface area contributed by atoms with Gasteiger partial charge in [-0.05, 0) is 51.4 Å². The summed E-state index contributed by atoms with van der Waals surface area (Å²) in [4.78, 5) is 104. The molecular weight excluding hydrogens is 805 g/mol. The number of unbranched alkanes of at least 4 members (excludes halogenated alkanes) is 12. The van der Waals surface area contributed by atoms with Crippen LogP contribution in [0.2, 0.25) is 0 Å². The van der Waals surface area contributed by atoms with E-state index in [9.17, 15) is 53.7 Å². The molecule has 1 saturated heterocycles. The van der Waals surface area contributed by atoms with Crippen LogP contribution in [-0.2, 0) is 38.4 Å². The SMILES string of the molecule is CCCCCCCCCCCCCCCC(=O)N1CCC[C@H]1C(=O)NCC(=O)N[C@@H](CC(=O)O)C(=O)N[C@@H](CC(C)C)C(=O)N[C@@H](CO)C(=O)N[C@@H](CCCNC(C)=N)C(=O)O. The maximum absolute atomic E-state index is 13.4. The van der Waals surface area contributed by atoms with E-state index in [2.05, 4.69) is 38.8 Å². The molecule has 1 fully saturated rings. The van der Waals surface area contributed by atoms with Gasteiger partial charge in [-0.1, -0.05) is 97.8 Å². The summed E-state index contributed by atoms with van der Waals surface area (Å²) in [5, 5.41) is 50.9. The molecule has 354 valence electrons. The lowest BCUT2D eigenvalue weighted by molar-refractivity contribution is -0.142. The number of carboxylic acids is 2. The molecule has 0 saturated carbocycles. The second-order valence-corrected chi connectivity index (χ2v) is 16.7. The van der Waals surface area contributed by atoms with Crippen LogP contribution in [0, 0.1) is 11.3 Å². The van der Waals surface area contributed by atoms with Crippen LogP contribution in [0.25, 0.3) is 0 Å². The zero-order valence-electron chi connectivity index (χ0n) is 37.5. The van der Waals surface area contributed by atoms with Gasteiger partial charge in [-0.15, -0.1) is 0 Å². The van der Waals surface area contributed by atoms with Crippen LogP contribution < -0.4 is 31.9 Å². The van der Waals surface area contributed by atoms with Gasteiger partial charge in [0.25, 0.3) is 0 Å². The summed E-state index contributed by atoms with van der Waals surface area (Å²) in [5.74, 6) is -7.37. The molecule has 0 bridgehead atoms. The van der Waals surface area contributed by atoms with Gasteiger partial charge in [0, 0.05) is 19.5 Å². The Bertz CT molecular complexity index is 1450. The summed E-state index contributed by atoms with van der Waals surface area (Å²) in [7, 11) is 0. The predicted molar refractivity (Wildman–Crippen MR) is 233 cm³/mol. The number of carboxylic acid groups (broad SMARTS) is 2. The molecule has 0 spiro atoms. The molecular formula is C43H76N8O11. The van der Waals surface area contributed by atoms with Crippen LogP contribution in [-0.4, -0.2) is 130 Å². The first kappa shape index (κ1) is 55.2. The van der Waals surface area contributed by atoms with Crippen LogP contribution in [0.5, 0.6) is 0 Å². The average Bonchev–Trinajstić information content (AvgIpc) is 3.71. The minimum absolute atomic E-state index is 0.00567. The number of hydrogen-bond donors (Lipinski definition) is 10. The number of rotatable bonds is 34. The minimum atomic E-state index is -1.68. The van der Waals surface area contributed by atoms with E-state index in [1.807, 2.05) is 0 Å². The zero-order chi connectivity index (χ0) is 46.5. The monoisotopic (exact) mass is 881 g/mol. The maximum Gasteiger partial charge on any atom is 0.326 e. The fourth-order valence-electron chi connectivity index (χ4n) is 7.24. The first-order chi connectivity index (χ1) is 29.5. The van der Waals surface area contributed by atoms with Crippen LogP contribution in [0.1, 0.15) is 156 Å². The number of amides is 6. The molecule has 1 aliphatic heterocycles. The third-order valence-electron chi connectivity index (χ3n) is 10.7. The highest BCUT2D eigenvalue weighted by atomic mass is 16.4. The van der Waals surface area contributed by atoms with Crippen LogP contribution in [0.4, 0.5) is 0 Å². The van der Waals surface area contributed by atoms with Gasteiger partial charge in [0.15, 0.2) is 0 Å². The Labute approximate surface area is 366 Å². The van der Waals surface area contributed by atoms with Gasteiger partial charge in [0.1, 0.15) is 30.2 Å². The zero-order valence-corrected chi connectivity index (χ0v) is 37.5. The first-order valence-corrected chi connectivity index (χ1v) is 22.6. The minimum Gasteiger partial charge on any atom is -0.481 e. The van der Waals surface area contributed by atoms with Crippen molar-refractivity contribution in [1.82, 2.24) is 36.8 Å². The molecule has 5 atom stereocenters. The molecule has 0 aromatic carbocycles. The van der Waals surface area contributed by atoms with Crippen LogP contribution >= 0.6 is 0 Å². The number of aliphatic carboxylic acids is 2. The van der Waals surface area contributed by atoms with E-state index in [0.29, 0.717) is 25.8 Å². The number of aliphatic hydroxyl groups excluding tert-OH is 1. The van der Waals surface area contributed by atoms with E-state index in [1.165, 1.54) is 69.6 Å². The first-order valence-electron chi connectivity index (χ1n) is 22.6. The topological polar surface area (TPSA) is 297 Å². The average molecular weight is 881 g/mol. The number of likely N-dealkylation sites (tertiary alicyclic amines) is 1. The Morgan fingerprint density at radius 3 is 1.76 bits per heavy atom. The number of aliphatic hydroxyl groups is 1. The Hall–Kier alpha value is -4.81. The fraction of sp³-hybridized carbons (Fsp3) is 0.791. The molecule has 0 aliphatic carbocycles. The summed E-state index contributed by atoms with van der Waals surface area (Å²) < 4.78 is 0. The second kappa shape index (κ2) is 32.0. The van der Waals surface area contributed by atoms with E-state index >= 15 is 0 Å². The predicted octanol–water partition coefficient (Wildman–Crippen LogP) is 2.48. The number of amidine groups is 1. The van der Waals surface area contributed by atoms with Crippen molar-refractivity contribution in [3.05, 3.63) is 0 Å². The van der Waals surface area contributed by atoms with Crippen LogP contribution in [0.15, 0.2) is 0 Å². The summed E-state index contributed by atoms with van der Waals surface area (Å²) in [6.07, 6.45) is 16.2. The summed E-state index contributed by atoms with van der Waals surface area (Å²) in [6, 6.07) is -6.78. The molecule has 0 unspecified atom stereocenters. The number of nitrogens with one attached hydrogen (secondary N) is 7. The van der Waals surface area contributed by atoms with Gasteiger partial charge < -0.3 is 52.1 Å². The number of carbonyl (C=O) groups is 8. The third kappa shape index (κ3) is 24.0. The van der Waals surface area contributed by atoms with Gasteiger partial charge in [-0.25, -0.2) is 4.79 Å². The van der Waals surface area contributed by atoms with Crippen molar-refractivity contribution in [2.24, 2.45) is 5.92 Å². The molecule has 1 aliphatic rings. The molecule has 1 heterocycles. The molecule has 10 N–H and O–H groups in total. The van der Waals surface area contributed by atoms with Gasteiger partial charge in [0.2, 0.25) is 35.4 Å². The Balaban J connectivity index is 2.71. The largest absolute Gasteiger partial charge is 0.481 e. The molecule has 62 heavy (non-hydrogen) atoms. The molecule has 19 heteroatoms. The standard InChI is InChI=1S/C43H76N8O11/c1-5-6-7-8-9-10-11-12-13-14-15-16-17-22-37(54)51-24-19-21-35(51)42(60)46-27-36(53)47-33(26-38(55)56)40(58)49-32(25-29(2)3)39(57)50-34(28-52)41(59)48-31(43(61)62)20-18-23-45-30(4)44/h29,31-35,52H,5-28H2,1-4H3,(H2,44,45)(H,46,60)(H,47,53)(H,48,59)(H,49,58)(H,50,57)(H,55,56)(H,61,62)/t31-,32-,33-,34-,35-/m0/s1. The van der Waals surface area contributed by atoms with Gasteiger partial charge in [-0.2, -0.15) is 0 Å². The fourth-order valence-corrected chi connectivity index (χ4v) is 7.24. The summed E-state index contributed by atoms with van der Waals surface area (Å²) >= 11 is 0. The summed E-state index contributed by atoms with van der Waals surface area (Å²) in [5.41, 5.74) is 0. The lowest BCUT2D eigenvalue weighted by Gasteiger charge is -2.26. The highest BCUT2D eigenvalue weighted by Crippen LogP contribution is 2.20. The Morgan fingerprint density at radius 2 is 1.23 bits per heavy atom. The summed E-state index contributed by atoms with van der Waals surface area (Å²) in [6.45, 7) is 6.37. The molecule has 0 radical (unpaired) electrons. The van der Waals surface area contributed by atoms with Crippen molar-refractivity contribution in [1.29, 1.82) is 5.41 Å². The van der Waals surface area contributed by atoms with Gasteiger partial charge >= 0.3 is 11.9 Å². The van der Waals surface area contributed by atoms with Gasteiger partial charge in [-0.3, -0.25) is 39.0 Å². The van der Waals surface area contributed by atoms with Gasteiger partial charge in [0.05, 0.1) is 25.4 Å². The number of nitrogens with zero attached hydrogens (tertiary/aromatic N) is 1. The van der Waals surface area contributed by atoms with Crippen molar-refractivity contribution in [3.8, 4) is 0 Å². The van der Waals surface area contributed by atoms with E-state index in [-0.39, 0.29) is 43.5 Å². The smallest absolute Gasteiger partial charge is 0.326 e. The van der Waals surface area contributed by atoms with Crippen molar-refractivity contribution in [2.75, 3.05) is 26.2 Å². The highest BCUT2D eigenvalue weighted by molar-refractivity contribution is 5.97. The quantitative estimate of drug-likeness (QED) is 0.0254. The number of carbonyl (C=O) groups excluding carboxylic acids is 6. The second-order valence-electron chi connectivity index (χ2n) is 16.7. The normalized spacial score (nSPS) is 15.5. The highest BCUT2D eigenvalue weighted by Gasteiger charge is 2.35. The van der Waals surface area contributed by atoms with E-state index in [1.54, 1.807) is 13.8 Å². The van der Waals surface area contributed by atoms with Crippen LogP contribution in [0.3, 0.4) is 0 Å². The maximum atomic E-state index is 13.4. The van der Waals surface area contributed by atoms with Crippen molar-refractivity contribution >= 4 is 53.2 Å². The Morgan fingerprint density at radius 1 is 0.694 bits per heavy atom. The number of hydrogen-bond acceptors (Lipinski definition) is 10. The van der Waals surface area contributed by atoms with E-state index < -0.39 is 91.3 Å². The molecule has 19 nitrogen and oxygen atoms in total. The van der Waals surface area contributed by atoms with Crippen molar-refractivity contribution < 1.29 is 53.7 Å². The molecule has 1 rings (SSSR count). The van der Waals surface area contributed by atoms with Crippen molar-refractivity contribution in [3.63, 3.8) is 0 Å². The van der Waals surface area contributed by atoms with Crippen molar-refractivity contribution in [2.45, 2.75) is 186 Å². The van der Waals surface area contributed by atoms with E-state index in [4.69, 9.17) is 5.41 Å². The lowest BCUT2D eigenvalue weighted by atomic mass is 10.0. The molecule has 0 aromatic rings. The molecule has 6 amide bonds. The lowest BCUT2D eigenvalue weighted by Crippen LogP contribution is -2.59. The third-order valence-corrected chi connectivity index (χ3v) is 10.7. The molecule has 0 aromatic heterocycles. The van der Waals surface area contributed by atoms with E-state index in [0.717, 1.165) is 25.7 Å².